The predicted octanol–water partition coefficient (Wildman–Crippen LogP) is 4.46. The maximum absolute atomic E-state index is 6.43. The zero-order chi connectivity index (χ0) is 21.3. The Bertz CT molecular complexity index is 1120. The van der Waals surface area contributed by atoms with E-state index in [1.165, 1.54) is 32.6 Å². The largest absolute Gasteiger partial charge is 0.494 e. The Labute approximate surface area is 181 Å². The van der Waals surface area contributed by atoms with Crippen molar-refractivity contribution < 1.29 is 9.31 Å². The molecule has 30 heavy (non-hydrogen) atoms. The van der Waals surface area contributed by atoms with Gasteiger partial charge in [-0.05, 0) is 65.8 Å². The molecule has 0 amide bonds. The van der Waals surface area contributed by atoms with Crippen LogP contribution in [0.3, 0.4) is 0 Å². The number of benzene rings is 3. The van der Waals surface area contributed by atoms with Crippen molar-refractivity contribution in [3.8, 4) is 22.3 Å². The monoisotopic (exact) mass is 412 g/mol. The van der Waals surface area contributed by atoms with Crippen molar-refractivity contribution in [3.05, 3.63) is 66.7 Å². The summed E-state index contributed by atoms with van der Waals surface area (Å²) < 4.78 is 12.9. The minimum atomic E-state index is -1.81. The molecule has 5 rings (SSSR count). The van der Waals surface area contributed by atoms with E-state index >= 15 is 0 Å². The molecule has 1 fully saturated rings. The van der Waals surface area contributed by atoms with Crippen LogP contribution in [0.25, 0.3) is 22.3 Å². The molecule has 2 nitrogen and oxygen atoms in total. The molecule has 0 bridgehead atoms. The van der Waals surface area contributed by atoms with Crippen molar-refractivity contribution in [2.75, 3.05) is 0 Å². The van der Waals surface area contributed by atoms with Gasteiger partial charge in [0, 0.05) is 0 Å². The summed E-state index contributed by atoms with van der Waals surface area (Å²) in [6.07, 6.45) is 0. The summed E-state index contributed by atoms with van der Waals surface area (Å²) in [6, 6.07) is 24.3. The summed E-state index contributed by atoms with van der Waals surface area (Å²) in [5.41, 5.74) is 5.72. The van der Waals surface area contributed by atoms with E-state index in [9.17, 15) is 0 Å². The highest BCUT2D eigenvalue weighted by atomic mass is 28.3. The van der Waals surface area contributed by atoms with E-state index in [0.29, 0.717) is 0 Å². The van der Waals surface area contributed by atoms with Gasteiger partial charge in [-0.3, -0.25) is 0 Å². The van der Waals surface area contributed by atoms with Crippen LogP contribution in [0.4, 0.5) is 0 Å². The Hall–Kier alpha value is -2.14. The van der Waals surface area contributed by atoms with Crippen LogP contribution in [-0.4, -0.2) is 26.4 Å². The molecule has 2 aliphatic heterocycles. The quantitative estimate of drug-likeness (QED) is 0.579. The second-order valence-electron chi connectivity index (χ2n) is 10.1. The fourth-order valence-electron chi connectivity index (χ4n) is 4.91. The van der Waals surface area contributed by atoms with Crippen molar-refractivity contribution in [3.63, 3.8) is 0 Å². The standard InChI is InChI=1S/C26H29BO2Si/c1-25(2)26(3,4)29-27(28-25)19-16-21(18-12-8-7-9-13-18)24-22(17-19)20-14-10-11-15-23(20)30(24,5)6/h7-17H,1-6H3. The first-order chi connectivity index (χ1) is 14.1. The average Bonchev–Trinajstić information content (AvgIpc) is 3.08. The molecule has 1 saturated heterocycles. The first-order valence-electron chi connectivity index (χ1n) is 10.8. The van der Waals surface area contributed by atoms with Crippen LogP contribution in [0, 0.1) is 0 Å². The molecule has 2 aliphatic rings. The summed E-state index contributed by atoms with van der Waals surface area (Å²) >= 11 is 0. The molecule has 0 atom stereocenters. The molecule has 4 heteroatoms. The highest BCUT2D eigenvalue weighted by molar-refractivity contribution is 7.04. The van der Waals surface area contributed by atoms with Gasteiger partial charge in [0.05, 0.1) is 11.2 Å². The predicted molar refractivity (Wildman–Crippen MR) is 130 cm³/mol. The molecule has 0 aromatic heterocycles. The van der Waals surface area contributed by atoms with Gasteiger partial charge in [0.15, 0.2) is 0 Å². The lowest BCUT2D eigenvalue weighted by molar-refractivity contribution is 0.00578. The normalized spacial score (nSPS) is 20.1. The molecule has 0 spiro atoms. The topological polar surface area (TPSA) is 18.5 Å². The summed E-state index contributed by atoms with van der Waals surface area (Å²) in [4.78, 5) is 0. The van der Waals surface area contributed by atoms with Gasteiger partial charge < -0.3 is 9.31 Å². The number of hydrogen-bond acceptors (Lipinski definition) is 2. The van der Waals surface area contributed by atoms with E-state index in [-0.39, 0.29) is 18.3 Å². The highest BCUT2D eigenvalue weighted by Gasteiger charge is 2.52. The van der Waals surface area contributed by atoms with E-state index in [2.05, 4.69) is 108 Å². The summed E-state index contributed by atoms with van der Waals surface area (Å²) in [5, 5.41) is 3.04. The lowest BCUT2D eigenvalue weighted by atomic mass is 9.76. The summed E-state index contributed by atoms with van der Waals surface area (Å²) in [6.45, 7) is 13.4. The lowest BCUT2D eigenvalue weighted by Gasteiger charge is -2.32. The second-order valence-corrected chi connectivity index (χ2v) is 14.4. The zero-order valence-electron chi connectivity index (χ0n) is 18.7. The Morgan fingerprint density at radius 1 is 0.700 bits per heavy atom. The molecule has 152 valence electrons. The van der Waals surface area contributed by atoms with Gasteiger partial charge in [-0.1, -0.05) is 79.8 Å². The molecular weight excluding hydrogens is 383 g/mol. The van der Waals surface area contributed by atoms with E-state index in [0.717, 1.165) is 5.46 Å². The minimum absolute atomic E-state index is 0.352. The van der Waals surface area contributed by atoms with E-state index < -0.39 is 8.07 Å². The number of rotatable bonds is 2. The first kappa shape index (κ1) is 19.8. The smallest absolute Gasteiger partial charge is 0.399 e. The van der Waals surface area contributed by atoms with Gasteiger partial charge in [0.2, 0.25) is 0 Å². The van der Waals surface area contributed by atoms with Crippen LogP contribution in [0.5, 0.6) is 0 Å². The third-order valence-electron chi connectivity index (χ3n) is 7.29. The minimum Gasteiger partial charge on any atom is -0.399 e. The Morgan fingerprint density at radius 3 is 1.93 bits per heavy atom. The molecule has 0 N–H and O–H groups in total. The highest BCUT2D eigenvalue weighted by Crippen LogP contribution is 2.38. The molecular formula is C26H29BO2Si. The number of hydrogen-bond donors (Lipinski definition) is 0. The van der Waals surface area contributed by atoms with Crippen LogP contribution in [0.2, 0.25) is 13.1 Å². The second kappa shape index (κ2) is 6.43. The summed E-state index contributed by atoms with van der Waals surface area (Å²) in [7, 11) is -2.17. The van der Waals surface area contributed by atoms with E-state index in [4.69, 9.17) is 9.31 Å². The molecule has 3 aromatic carbocycles. The molecule has 2 heterocycles. The van der Waals surface area contributed by atoms with Crippen LogP contribution in [-0.2, 0) is 9.31 Å². The van der Waals surface area contributed by atoms with Crippen molar-refractivity contribution in [1.29, 1.82) is 0 Å². The van der Waals surface area contributed by atoms with Gasteiger partial charge in [0.1, 0.15) is 8.07 Å². The Morgan fingerprint density at radius 2 is 1.27 bits per heavy atom. The van der Waals surface area contributed by atoms with E-state index in [1.54, 1.807) is 0 Å². The fraction of sp³-hybridized carbons (Fsp3) is 0.308. The third kappa shape index (κ3) is 2.78. The van der Waals surface area contributed by atoms with Gasteiger partial charge in [0.25, 0.3) is 0 Å². The molecule has 0 aliphatic carbocycles. The van der Waals surface area contributed by atoms with Crippen molar-refractivity contribution in [2.24, 2.45) is 0 Å². The number of fused-ring (bicyclic) bond motifs is 3. The molecule has 3 aromatic rings. The van der Waals surface area contributed by atoms with Gasteiger partial charge in [-0.25, -0.2) is 0 Å². The lowest BCUT2D eigenvalue weighted by Crippen LogP contribution is -2.50. The van der Waals surface area contributed by atoms with Crippen molar-refractivity contribution in [2.45, 2.75) is 52.0 Å². The maximum atomic E-state index is 6.43. The van der Waals surface area contributed by atoms with Crippen molar-refractivity contribution in [1.82, 2.24) is 0 Å². The van der Waals surface area contributed by atoms with Gasteiger partial charge in [-0.2, -0.15) is 0 Å². The van der Waals surface area contributed by atoms with Crippen LogP contribution >= 0.6 is 0 Å². The van der Waals surface area contributed by atoms with Gasteiger partial charge >= 0.3 is 7.12 Å². The third-order valence-corrected chi connectivity index (χ3v) is 10.9. The Balaban J connectivity index is 1.76. The molecule has 0 saturated carbocycles. The molecule has 0 radical (unpaired) electrons. The zero-order valence-corrected chi connectivity index (χ0v) is 19.7. The average molecular weight is 412 g/mol. The van der Waals surface area contributed by atoms with E-state index in [1.807, 2.05) is 0 Å². The van der Waals surface area contributed by atoms with Gasteiger partial charge in [-0.15, -0.1) is 0 Å². The fourth-order valence-corrected chi connectivity index (χ4v) is 8.35. The van der Waals surface area contributed by atoms with Crippen molar-refractivity contribution >= 4 is 31.0 Å². The SMILES string of the molecule is CC1(C)OB(c2cc(-c3ccccc3)c3c(c2)-c2ccccc2[Si]3(C)C)OC1(C)C. The Kier molecular flexibility index (Phi) is 4.24. The molecule has 0 unspecified atom stereocenters. The summed E-state index contributed by atoms with van der Waals surface area (Å²) in [5.74, 6) is 0. The van der Waals surface area contributed by atoms with Crippen LogP contribution in [0.15, 0.2) is 66.7 Å². The maximum Gasteiger partial charge on any atom is 0.494 e. The van der Waals surface area contributed by atoms with Crippen LogP contribution in [0.1, 0.15) is 27.7 Å². The van der Waals surface area contributed by atoms with Crippen LogP contribution < -0.4 is 15.8 Å². The first-order valence-corrected chi connectivity index (χ1v) is 13.8.